The molecule has 1 aromatic rings. The van der Waals surface area contributed by atoms with E-state index in [0.29, 0.717) is 6.07 Å². The van der Waals surface area contributed by atoms with Gasteiger partial charge in [0.2, 0.25) is 10.0 Å². The molecule has 130 valence electrons. The van der Waals surface area contributed by atoms with Crippen molar-refractivity contribution in [2.75, 3.05) is 18.1 Å². The Labute approximate surface area is 136 Å². The third-order valence-corrected chi connectivity index (χ3v) is 6.98. The van der Waals surface area contributed by atoms with E-state index in [9.17, 15) is 30.0 Å². The second kappa shape index (κ2) is 6.23. The first-order chi connectivity index (χ1) is 10.4. The maximum Gasteiger partial charge on any atom is 0.417 e. The molecule has 0 aliphatic carbocycles. The highest BCUT2D eigenvalue weighted by Gasteiger charge is 2.38. The predicted molar refractivity (Wildman–Crippen MR) is 78.4 cm³/mol. The molecule has 23 heavy (non-hydrogen) atoms. The van der Waals surface area contributed by atoms with E-state index in [1.807, 2.05) is 0 Å². The van der Waals surface area contributed by atoms with Gasteiger partial charge in [-0.1, -0.05) is 11.6 Å². The van der Waals surface area contributed by atoms with Crippen LogP contribution in [0.4, 0.5) is 13.2 Å². The van der Waals surface area contributed by atoms with Crippen LogP contribution in [0.25, 0.3) is 0 Å². The summed E-state index contributed by atoms with van der Waals surface area (Å²) in [6.07, 6.45) is -4.61. The van der Waals surface area contributed by atoms with Gasteiger partial charge >= 0.3 is 6.18 Å². The molecular formula is C12H13ClF3NO4S2. The summed E-state index contributed by atoms with van der Waals surface area (Å²) >= 11 is 5.50. The number of nitrogens with one attached hydrogen (secondary N) is 1. The van der Waals surface area contributed by atoms with Crippen LogP contribution in [-0.4, -0.2) is 34.9 Å². The quantitative estimate of drug-likeness (QED) is 0.852. The summed E-state index contributed by atoms with van der Waals surface area (Å²) < 4.78 is 87.9. The van der Waals surface area contributed by atoms with Gasteiger partial charge in [-0.2, -0.15) is 13.2 Å². The van der Waals surface area contributed by atoms with Crippen molar-refractivity contribution >= 4 is 31.5 Å². The predicted octanol–water partition coefficient (Wildman–Crippen LogP) is 2.07. The molecule has 1 atom stereocenters. The van der Waals surface area contributed by atoms with Crippen molar-refractivity contribution in [1.29, 1.82) is 0 Å². The lowest BCUT2D eigenvalue weighted by Gasteiger charge is -2.15. The fourth-order valence-corrected chi connectivity index (χ4v) is 5.65. The Morgan fingerprint density at radius 2 is 1.96 bits per heavy atom. The molecule has 0 saturated carbocycles. The van der Waals surface area contributed by atoms with Crippen LogP contribution in [0.15, 0.2) is 23.1 Å². The molecule has 0 amide bonds. The summed E-state index contributed by atoms with van der Waals surface area (Å²) in [4.78, 5) is -0.935. The average molecular weight is 392 g/mol. The van der Waals surface area contributed by atoms with Gasteiger partial charge in [0.15, 0.2) is 9.84 Å². The minimum absolute atomic E-state index is 0.0475. The van der Waals surface area contributed by atoms with E-state index in [2.05, 4.69) is 4.72 Å². The molecule has 0 bridgehead atoms. The van der Waals surface area contributed by atoms with Crippen LogP contribution in [0, 0.1) is 5.92 Å². The number of rotatable bonds is 4. The van der Waals surface area contributed by atoms with Crippen LogP contribution in [0.5, 0.6) is 0 Å². The van der Waals surface area contributed by atoms with Gasteiger partial charge in [-0.05, 0) is 30.5 Å². The summed E-state index contributed by atoms with van der Waals surface area (Å²) in [5.74, 6) is -0.674. The molecule has 1 heterocycles. The SMILES string of the molecule is O=S1(=O)CCC(CNS(=O)(=O)c2ccc(Cl)cc2C(F)(F)F)C1. The van der Waals surface area contributed by atoms with Crippen molar-refractivity contribution in [3.8, 4) is 0 Å². The number of alkyl halides is 3. The molecule has 1 aliphatic heterocycles. The molecular weight excluding hydrogens is 379 g/mol. The van der Waals surface area contributed by atoms with Gasteiger partial charge in [-0.3, -0.25) is 0 Å². The molecule has 1 aliphatic rings. The minimum Gasteiger partial charge on any atom is -0.229 e. The van der Waals surface area contributed by atoms with Gasteiger partial charge in [0.05, 0.1) is 22.0 Å². The molecule has 1 unspecified atom stereocenters. The zero-order valence-electron chi connectivity index (χ0n) is 11.6. The van der Waals surface area contributed by atoms with E-state index >= 15 is 0 Å². The molecule has 1 N–H and O–H groups in total. The first-order valence-electron chi connectivity index (χ1n) is 6.47. The average Bonchev–Trinajstić information content (AvgIpc) is 2.75. The number of benzene rings is 1. The number of hydrogen-bond donors (Lipinski definition) is 1. The van der Waals surface area contributed by atoms with E-state index in [-0.39, 0.29) is 29.5 Å². The lowest BCUT2D eigenvalue weighted by molar-refractivity contribution is -0.139. The summed E-state index contributed by atoms with van der Waals surface area (Å²) in [6.45, 7) is -0.235. The maximum atomic E-state index is 13.0. The lowest BCUT2D eigenvalue weighted by Crippen LogP contribution is -2.31. The lowest BCUT2D eigenvalue weighted by atomic mass is 10.1. The minimum atomic E-state index is -4.88. The van der Waals surface area contributed by atoms with E-state index in [4.69, 9.17) is 11.6 Å². The zero-order chi connectivity index (χ0) is 17.5. The van der Waals surface area contributed by atoms with E-state index in [0.717, 1.165) is 12.1 Å². The van der Waals surface area contributed by atoms with Gasteiger partial charge in [0.25, 0.3) is 0 Å². The second-order valence-corrected chi connectivity index (χ2v) is 9.66. The fourth-order valence-electron chi connectivity index (χ4n) is 2.30. The summed E-state index contributed by atoms with van der Waals surface area (Å²) in [5, 5.41) is -0.238. The molecule has 11 heteroatoms. The van der Waals surface area contributed by atoms with Gasteiger partial charge in [0, 0.05) is 11.6 Å². The molecule has 1 aromatic carbocycles. The largest absolute Gasteiger partial charge is 0.417 e. The van der Waals surface area contributed by atoms with E-state index < -0.39 is 42.4 Å². The maximum absolute atomic E-state index is 13.0. The van der Waals surface area contributed by atoms with Crippen LogP contribution in [-0.2, 0) is 26.0 Å². The van der Waals surface area contributed by atoms with E-state index in [1.165, 1.54) is 0 Å². The van der Waals surface area contributed by atoms with E-state index in [1.54, 1.807) is 0 Å². The molecule has 1 fully saturated rings. The van der Waals surface area contributed by atoms with Gasteiger partial charge in [0.1, 0.15) is 0 Å². The van der Waals surface area contributed by atoms with Crippen molar-refractivity contribution in [2.45, 2.75) is 17.5 Å². The topological polar surface area (TPSA) is 80.3 Å². The van der Waals surface area contributed by atoms with Crippen molar-refractivity contribution in [3.63, 3.8) is 0 Å². The molecule has 2 rings (SSSR count). The third kappa shape index (κ3) is 4.59. The van der Waals surface area contributed by atoms with Gasteiger partial charge in [-0.25, -0.2) is 21.6 Å². The number of halogens is 4. The summed E-state index contributed by atoms with van der Waals surface area (Å²) in [5.41, 5.74) is -1.36. The second-order valence-electron chi connectivity index (χ2n) is 5.26. The van der Waals surface area contributed by atoms with Crippen molar-refractivity contribution in [2.24, 2.45) is 5.92 Å². The van der Waals surface area contributed by atoms with Gasteiger partial charge in [-0.15, -0.1) is 0 Å². The highest BCUT2D eigenvalue weighted by atomic mass is 35.5. The zero-order valence-corrected chi connectivity index (χ0v) is 14.0. The van der Waals surface area contributed by atoms with Crippen molar-refractivity contribution in [1.82, 2.24) is 4.72 Å². The van der Waals surface area contributed by atoms with Crippen LogP contribution in [0.1, 0.15) is 12.0 Å². The van der Waals surface area contributed by atoms with Crippen molar-refractivity contribution in [3.05, 3.63) is 28.8 Å². The first kappa shape index (κ1) is 18.5. The Balaban J connectivity index is 2.23. The molecule has 0 aromatic heterocycles. The smallest absolute Gasteiger partial charge is 0.229 e. The number of hydrogen-bond acceptors (Lipinski definition) is 4. The van der Waals surface area contributed by atoms with Crippen LogP contribution >= 0.6 is 11.6 Å². The Bertz CT molecular complexity index is 806. The fraction of sp³-hybridized carbons (Fsp3) is 0.500. The summed E-state index contributed by atoms with van der Waals surface area (Å²) in [6, 6.07) is 2.36. The molecule has 0 radical (unpaired) electrons. The molecule has 1 saturated heterocycles. The highest BCUT2D eigenvalue weighted by molar-refractivity contribution is 7.91. The monoisotopic (exact) mass is 391 g/mol. The van der Waals surface area contributed by atoms with Crippen LogP contribution in [0.2, 0.25) is 5.02 Å². The van der Waals surface area contributed by atoms with Crippen LogP contribution < -0.4 is 4.72 Å². The van der Waals surface area contributed by atoms with Crippen LogP contribution in [0.3, 0.4) is 0 Å². The Hall–Kier alpha value is -0.840. The third-order valence-electron chi connectivity index (χ3n) is 3.43. The standard InChI is InChI=1S/C12H13ClF3NO4S2/c13-9-1-2-11(10(5-9)12(14,15)16)23(20,21)17-6-8-3-4-22(18,19)7-8/h1-2,5,8,17H,3-4,6-7H2. The molecule has 0 spiro atoms. The Morgan fingerprint density at radius 3 is 2.48 bits per heavy atom. The first-order valence-corrected chi connectivity index (χ1v) is 10.2. The van der Waals surface area contributed by atoms with Gasteiger partial charge < -0.3 is 0 Å². The Morgan fingerprint density at radius 1 is 1.30 bits per heavy atom. The molecule has 5 nitrogen and oxygen atoms in total. The highest BCUT2D eigenvalue weighted by Crippen LogP contribution is 2.35. The normalized spacial score (nSPS) is 21.5. The number of sulfonamides is 1. The van der Waals surface area contributed by atoms with Crippen molar-refractivity contribution < 1.29 is 30.0 Å². The Kier molecular flexibility index (Phi) is 5.01. The summed E-state index contributed by atoms with van der Waals surface area (Å²) in [7, 11) is -7.64. The number of sulfone groups is 1.